The minimum absolute atomic E-state index is 0.178. The van der Waals surface area contributed by atoms with Gasteiger partial charge in [0.1, 0.15) is 6.61 Å². The molecule has 0 aliphatic heterocycles. The van der Waals surface area contributed by atoms with Gasteiger partial charge in [0.2, 0.25) is 0 Å². The molecule has 0 amide bonds. The van der Waals surface area contributed by atoms with Crippen LogP contribution in [0.5, 0.6) is 0 Å². The summed E-state index contributed by atoms with van der Waals surface area (Å²) in [6, 6.07) is -0.479. The first-order chi connectivity index (χ1) is 8.10. The molecule has 1 unspecified atom stereocenters. The molecule has 0 aromatic carbocycles. The van der Waals surface area contributed by atoms with E-state index in [9.17, 15) is 17.6 Å². The minimum atomic E-state index is -4.12. The molecule has 0 heterocycles. The highest BCUT2D eigenvalue weighted by Crippen LogP contribution is 2.23. The van der Waals surface area contributed by atoms with Crippen molar-refractivity contribution in [3.63, 3.8) is 0 Å². The van der Waals surface area contributed by atoms with E-state index in [2.05, 4.69) is 4.74 Å². The summed E-state index contributed by atoms with van der Waals surface area (Å²) in [6.45, 7) is 2.24. The van der Waals surface area contributed by atoms with Crippen molar-refractivity contribution < 1.29 is 27.0 Å². The van der Waals surface area contributed by atoms with Gasteiger partial charge in [-0.15, -0.1) is 0 Å². The lowest BCUT2D eigenvalue weighted by atomic mass is 9.99. The van der Waals surface area contributed by atoms with Gasteiger partial charge in [-0.3, -0.25) is 0 Å². The normalized spacial score (nSPS) is 15.2. The molecule has 0 aromatic rings. The van der Waals surface area contributed by atoms with E-state index in [1.54, 1.807) is 7.11 Å². The third kappa shape index (κ3) is 7.13. The Hall–Kier alpha value is -0.400. The summed E-state index contributed by atoms with van der Waals surface area (Å²) in [7, 11) is 1.56. The van der Waals surface area contributed by atoms with Crippen molar-refractivity contribution in [3.05, 3.63) is 0 Å². The average molecular weight is 275 g/mol. The third-order valence-electron chi connectivity index (χ3n) is 2.62. The van der Waals surface area contributed by atoms with Crippen LogP contribution in [0, 0.1) is 0 Å². The lowest BCUT2D eigenvalue weighted by Crippen LogP contribution is -2.36. The summed E-state index contributed by atoms with van der Waals surface area (Å²) in [5, 5.41) is 0. The molecule has 0 fully saturated rings. The predicted molar refractivity (Wildman–Crippen MR) is 60.1 cm³/mol. The van der Waals surface area contributed by atoms with Gasteiger partial charge in [-0.25, -0.2) is 8.78 Å². The number of methoxy groups -OCH3 is 1. The van der Waals surface area contributed by atoms with Crippen LogP contribution in [0.25, 0.3) is 0 Å². The number of ether oxygens (including phenoxy) is 2. The van der Waals surface area contributed by atoms with Crippen LogP contribution in [0.2, 0.25) is 0 Å². The third-order valence-corrected chi connectivity index (χ3v) is 2.62. The topological polar surface area (TPSA) is 44.5 Å². The molecule has 0 aliphatic rings. The van der Waals surface area contributed by atoms with Crippen molar-refractivity contribution in [2.75, 3.05) is 20.3 Å². The highest BCUT2D eigenvalue weighted by atomic mass is 19.3. The first kappa shape index (κ1) is 17.6. The molecule has 110 valence electrons. The Kier molecular flexibility index (Phi) is 7.09. The standard InChI is InChI=1S/C11H21F4NO2/c1-10(2,17-3)5-4-8(16)6-18-7-11(14,15)9(12)13/h8-9H,4-7,16H2,1-3H3. The summed E-state index contributed by atoms with van der Waals surface area (Å²) < 4.78 is 58.3. The number of nitrogens with two attached hydrogens (primary N) is 1. The van der Waals surface area contributed by atoms with Crippen molar-refractivity contribution in [1.82, 2.24) is 0 Å². The van der Waals surface area contributed by atoms with E-state index in [1.165, 1.54) is 0 Å². The zero-order valence-corrected chi connectivity index (χ0v) is 10.9. The molecule has 0 saturated heterocycles. The van der Waals surface area contributed by atoms with E-state index < -0.39 is 25.0 Å². The number of alkyl halides is 4. The highest BCUT2D eigenvalue weighted by molar-refractivity contribution is 4.73. The van der Waals surface area contributed by atoms with Crippen LogP contribution in [0.1, 0.15) is 26.7 Å². The van der Waals surface area contributed by atoms with Gasteiger partial charge < -0.3 is 15.2 Å². The van der Waals surface area contributed by atoms with E-state index >= 15 is 0 Å². The molecule has 0 aliphatic carbocycles. The largest absolute Gasteiger partial charge is 0.379 e. The minimum Gasteiger partial charge on any atom is -0.379 e. The van der Waals surface area contributed by atoms with Crippen molar-refractivity contribution in [1.29, 1.82) is 0 Å². The van der Waals surface area contributed by atoms with Gasteiger partial charge in [0.15, 0.2) is 0 Å². The number of rotatable bonds is 9. The van der Waals surface area contributed by atoms with E-state index in [0.29, 0.717) is 12.8 Å². The highest BCUT2D eigenvalue weighted by Gasteiger charge is 2.41. The molecule has 0 aromatic heterocycles. The SMILES string of the molecule is COC(C)(C)CCC(N)COCC(F)(F)C(F)F. The van der Waals surface area contributed by atoms with Crippen molar-refractivity contribution in [3.8, 4) is 0 Å². The van der Waals surface area contributed by atoms with Crippen LogP contribution in [-0.2, 0) is 9.47 Å². The van der Waals surface area contributed by atoms with E-state index in [-0.39, 0.29) is 12.2 Å². The molecule has 0 radical (unpaired) electrons. The van der Waals surface area contributed by atoms with Crippen LogP contribution < -0.4 is 5.73 Å². The smallest absolute Gasteiger partial charge is 0.330 e. The first-order valence-corrected chi connectivity index (χ1v) is 5.65. The fourth-order valence-electron chi connectivity index (χ4n) is 1.13. The van der Waals surface area contributed by atoms with Gasteiger partial charge >= 0.3 is 12.3 Å². The molecule has 1 atom stereocenters. The van der Waals surface area contributed by atoms with Gasteiger partial charge in [0.25, 0.3) is 0 Å². The van der Waals surface area contributed by atoms with Gasteiger partial charge in [0, 0.05) is 13.2 Å². The maximum absolute atomic E-state index is 12.5. The predicted octanol–water partition coefficient (Wildman–Crippen LogP) is 2.44. The molecule has 18 heavy (non-hydrogen) atoms. The van der Waals surface area contributed by atoms with Crippen LogP contribution >= 0.6 is 0 Å². The summed E-state index contributed by atoms with van der Waals surface area (Å²) in [4.78, 5) is 0. The fourth-order valence-corrected chi connectivity index (χ4v) is 1.13. The lowest BCUT2D eigenvalue weighted by molar-refractivity contribution is -0.166. The lowest BCUT2D eigenvalue weighted by Gasteiger charge is -2.24. The zero-order valence-electron chi connectivity index (χ0n) is 10.9. The van der Waals surface area contributed by atoms with E-state index in [4.69, 9.17) is 10.5 Å². The summed E-state index contributed by atoms with van der Waals surface area (Å²) in [5.41, 5.74) is 5.27. The molecule has 3 nitrogen and oxygen atoms in total. The molecule has 0 saturated carbocycles. The van der Waals surface area contributed by atoms with Crippen molar-refractivity contribution in [2.24, 2.45) is 5.73 Å². The second-order valence-corrected chi connectivity index (χ2v) is 4.84. The van der Waals surface area contributed by atoms with Crippen LogP contribution in [0.3, 0.4) is 0 Å². The summed E-state index contributed by atoms with van der Waals surface area (Å²) in [6.07, 6.45) is -2.60. The van der Waals surface area contributed by atoms with Gasteiger partial charge in [0.05, 0.1) is 12.2 Å². The van der Waals surface area contributed by atoms with Crippen molar-refractivity contribution >= 4 is 0 Å². The van der Waals surface area contributed by atoms with Crippen molar-refractivity contribution in [2.45, 2.75) is 50.7 Å². The molecular formula is C11H21F4NO2. The Bertz CT molecular complexity index is 237. The molecule has 7 heteroatoms. The summed E-state index contributed by atoms with van der Waals surface area (Å²) >= 11 is 0. The molecule has 0 bridgehead atoms. The van der Waals surface area contributed by atoms with Gasteiger partial charge in [-0.1, -0.05) is 0 Å². The second kappa shape index (κ2) is 7.25. The molecular weight excluding hydrogens is 254 g/mol. The number of hydrogen-bond donors (Lipinski definition) is 1. The van der Waals surface area contributed by atoms with E-state index in [0.717, 1.165) is 0 Å². The van der Waals surface area contributed by atoms with Gasteiger partial charge in [-0.2, -0.15) is 8.78 Å². The Morgan fingerprint density at radius 2 is 1.78 bits per heavy atom. The average Bonchev–Trinajstić information content (AvgIpc) is 2.26. The fraction of sp³-hybridized carbons (Fsp3) is 1.00. The first-order valence-electron chi connectivity index (χ1n) is 5.65. The monoisotopic (exact) mass is 275 g/mol. The maximum atomic E-state index is 12.5. The Morgan fingerprint density at radius 3 is 2.22 bits per heavy atom. The molecule has 2 N–H and O–H groups in total. The van der Waals surface area contributed by atoms with Gasteiger partial charge in [-0.05, 0) is 26.7 Å². The molecule has 0 spiro atoms. The Morgan fingerprint density at radius 1 is 1.22 bits per heavy atom. The van der Waals surface area contributed by atoms with Crippen LogP contribution in [0.4, 0.5) is 17.6 Å². The maximum Gasteiger partial charge on any atom is 0.330 e. The Labute approximate surface area is 105 Å². The second-order valence-electron chi connectivity index (χ2n) is 4.84. The Balaban J connectivity index is 3.82. The number of halogens is 4. The number of hydrogen-bond acceptors (Lipinski definition) is 3. The summed E-state index contributed by atoms with van der Waals surface area (Å²) in [5.74, 6) is -4.12. The van der Waals surface area contributed by atoms with Crippen LogP contribution in [0.15, 0.2) is 0 Å². The zero-order chi connectivity index (χ0) is 14.4. The van der Waals surface area contributed by atoms with Crippen LogP contribution in [-0.4, -0.2) is 44.3 Å². The quantitative estimate of drug-likeness (QED) is 0.657. The molecule has 0 rings (SSSR count). The van der Waals surface area contributed by atoms with E-state index in [1.807, 2.05) is 13.8 Å².